The van der Waals surface area contributed by atoms with Crippen LogP contribution in [0, 0.1) is 5.82 Å². The van der Waals surface area contributed by atoms with E-state index >= 15 is 0 Å². The van der Waals surface area contributed by atoms with Gasteiger partial charge in [0.1, 0.15) is 17.6 Å². The molecule has 1 aromatic rings. The highest BCUT2D eigenvalue weighted by Gasteiger charge is 2.23. The number of hydrogen-bond donors (Lipinski definition) is 2. The van der Waals surface area contributed by atoms with Crippen molar-refractivity contribution in [3.05, 3.63) is 41.1 Å². The average Bonchev–Trinajstić information content (AvgIpc) is 2.45. The van der Waals surface area contributed by atoms with Crippen LogP contribution in [0.15, 0.2) is 35.3 Å². The van der Waals surface area contributed by atoms with Crippen molar-refractivity contribution in [1.29, 1.82) is 0 Å². The number of carbonyl (C=O) groups is 2. The van der Waals surface area contributed by atoms with Crippen LogP contribution in [0.2, 0.25) is 0 Å². The van der Waals surface area contributed by atoms with Gasteiger partial charge in [-0.25, -0.2) is 9.18 Å². The topological polar surface area (TPSA) is 75.6 Å². The lowest BCUT2D eigenvalue weighted by Gasteiger charge is -2.19. The Kier molecular flexibility index (Phi) is 7.04. The van der Waals surface area contributed by atoms with Crippen LogP contribution in [0.5, 0.6) is 5.75 Å². The van der Waals surface area contributed by atoms with Gasteiger partial charge >= 0.3 is 5.97 Å². The van der Waals surface area contributed by atoms with Crippen molar-refractivity contribution in [3.8, 4) is 5.75 Å². The van der Waals surface area contributed by atoms with E-state index in [4.69, 9.17) is 9.84 Å². The van der Waals surface area contributed by atoms with Crippen molar-refractivity contribution in [1.82, 2.24) is 5.32 Å². The summed E-state index contributed by atoms with van der Waals surface area (Å²) in [6.45, 7) is 5.00. The molecule has 120 valence electrons. The summed E-state index contributed by atoms with van der Waals surface area (Å²) in [7, 11) is 0. The molecule has 0 saturated heterocycles. The zero-order valence-corrected chi connectivity index (χ0v) is 13.6. The maximum Gasteiger partial charge on any atom is 0.326 e. The third-order valence-corrected chi connectivity index (χ3v) is 3.46. The number of hydrogen-bond acceptors (Lipinski definition) is 3. The van der Waals surface area contributed by atoms with E-state index < -0.39 is 29.8 Å². The Morgan fingerprint density at radius 1 is 1.55 bits per heavy atom. The predicted octanol–water partition coefficient (Wildman–Crippen LogP) is 2.89. The first-order valence-corrected chi connectivity index (χ1v) is 7.40. The molecule has 1 rings (SSSR count). The van der Waals surface area contributed by atoms with Crippen molar-refractivity contribution >= 4 is 27.8 Å². The third kappa shape index (κ3) is 5.48. The number of carboxylic acids is 1. The van der Waals surface area contributed by atoms with Crippen LogP contribution in [0.1, 0.15) is 19.8 Å². The second kappa shape index (κ2) is 8.53. The van der Waals surface area contributed by atoms with Crippen molar-refractivity contribution in [3.63, 3.8) is 0 Å². The van der Waals surface area contributed by atoms with Gasteiger partial charge in [0.05, 0.1) is 4.47 Å². The Balaban J connectivity index is 2.67. The second-order valence-electron chi connectivity index (χ2n) is 4.60. The SMILES string of the molecule is C=CCCC(NC(=O)C(C)Oc1ccc(F)cc1Br)C(=O)O. The standard InChI is InChI=1S/C15H17BrFNO4/c1-3-4-5-12(15(20)21)18-14(19)9(2)22-13-7-6-10(17)8-11(13)16/h3,6-9,12H,1,4-5H2,2H3,(H,18,19)(H,20,21). The number of aliphatic carboxylic acids is 1. The van der Waals surface area contributed by atoms with E-state index in [2.05, 4.69) is 27.8 Å². The monoisotopic (exact) mass is 373 g/mol. The molecule has 2 unspecified atom stereocenters. The molecular weight excluding hydrogens is 357 g/mol. The molecule has 22 heavy (non-hydrogen) atoms. The molecule has 1 aromatic carbocycles. The number of ether oxygens (including phenoxy) is 1. The maximum absolute atomic E-state index is 13.0. The lowest BCUT2D eigenvalue weighted by Crippen LogP contribution is -2.46. The lowest BCUT2D eigenvalue weighted by molar-refractivity contribution is -0.143. The van der Waals surface area contributed by atoms with E-state index in [-0.39, 0.29) is 6.42 Å². The number of carboxylic acid groups (broad SMARTS) is 1. The third-order valence-electron chi connectivity index (χ3n) is 2.84. The van der Waals surface area contributed by atoms with E-state index in [0.717, 1.165) is 0 Å². The first-order chi connectivity index (χ1) is 10.3. The molecule has 0 bridgehead atoms. The number of halogens is 2. The van der Waals surface area contributed by atoms with Crippen LogP contribution in [-0.2, 0) is 9.59 Å². The van der Waals surface area contributed by atoms with Gasteiger partial charge in [0.25, 0.3) is 5.91 Å². The fourth-order valence-electron chi connectivity index (χ4n) is 1.65. The summed E-state index contributed by atoms with van der Waals surface area (Å²) >= 11 is 3.13. The summed E-state index contributed by atoms with van der Waals surface area (Å²) in [5.74, 6) is -1.83. The normalized spacial score (nSPS) is 13.0. The number of benzene rings is 1. The summed E-state index contributed by atoms with van der Waals surface area (Å²) in [6.07, 6.45) is 1.37. The van der Waals surface area contributed by atoms with Gasteiger partial charge in [0.2, 0.25) is 0 Å². The molecule has 0 heterocycles. The minimum atomic E-state index is -1.12. The Hall–Kier alpha value is -1.89. The van der Waals surface area contributed by atoms with E-state index in [1.807, 2.05) is 0 Å². The van der Waals surface area contributed by atoms with Gasteiger partial charge in [-0.3, -0.25) is 4.79 Å². The summed E-state index contributed by atoms with van der Waals surface area (Å²) in [5.41, 5.74) is 0. The van der Waals surface area contributed by atoms with Crippen LogP contribution in [0.3, 0.4) is 0 Å². The molecular formula is C15H17BrFNO4. The number of nitrogens with one attached hydrogen (secondary N) is 1. The number of rotatable bonds is 8. The number of amides is 1. The van der Waals surface area contributed by atoms with Gasteiger partial charge < -0.3 is 15.2 Å². The van der Waals surface area contributed by atoms with Crippen LogP contribution >= 0.6 is 15.9 Å². The number of carbonyl (C=O) groups excluding carboxylic acids is 1. The van der Waals surface area contributed by atoms with Gasteiger partial charge in [0.15, 0.2) is 6.10 Å². The van der Waals surface area contributed by atoms with Crippen LogP contribution in [-0.4, -0.2) is 29.1 Å². The molecule has 2 atom stereocenters. The predicted molar refractivity (Wildman–Crippen MR) is 83.2 cm³/mol. The molecule has 0 aliphatic carbocycles. The van der Waals surface area contributed by atoms with Crippen molar-refractivity contribution in [2.24, 2.45) is 0 Å². The quantitative estimate of drug-likeness (QED) is 0.687. The van der Waals surface area contributed by atoms with Gasteiger partial charge in [-0.05, 0) is 53.9 Å². The molecule has 0 fully saturated rings. The zero-order valence-electron chi connectivity index (χ0n) is 12.0. The van der Waals surface area contributed by atoms with Gasteiger partial charge in [0, 0.05) is 0 Å². The fourth-order valence-corrected chi connectivity index (χ4v) is 2.09. The average molecular weight is 374 g/mol. The van der Waals surface area contributed by atoms with Gasteiger partial charge in [-0.15, -0.1) is 6.58 Å². The molecule has 2 N–H and O–H groups in total. The smallest absolute Gasteiger partial charge is 0.326 e. The van der Waals surface area contributed by atoms with Gasteiger partial charge in [-0.2, -0.15) is 0 Å². The van der Waals surface area contributed by atoms with E-state index in [1.165, 1.54) is 25.1 Å². The van der Waals surface area contributed by atoms with Crippen LogP contribution < -0.4 is 10.1 Å². The summed E-state index contributed by atoms with van der Waals surface area (Å²) in [6, 6.07) is 2.79. The highest BCUT2D eigenvalue weighted by molar-refractivity contribution is 9.10. The molecule has 0 aromatic heterocycles. The highest BCUT2D eigenvalue weighted by Crippen LogP contribution is 2.26. The molecule has 0 saturated carbocycles. The Morgan fingerprint density at radius 2 is 2.23 bits per heavy atom. The summed E-state index contributed by atoms with van der Waals surface area (Å²) in [5, 5.41) is 11.5. The van der Waals surface area contributed by atoms with Crippen LogP contribution in [0.25, 0.3) is 0 Å². The van der Waals surface area contributed by atoms with E-state index in [1.54, 1.807) is 6.08 Å². The Labute approximate surface area is 136 Å². The van der Waals surface area contributed by atoms with Crippen LogP contribution in [0.4, 0.5) is 4.39 Å². The van der Waals surface area contributed by atoms with Gasteiger partial charge in [-0.1, -0.05) is 6.08 Å². The Morgan fingerprint density at radius 3 is 2.77 bits per heavy atom. The lowest BCUT2D eigenvalue weighted by atomic mass is 10.1. The maximum atomic E-state index is 13.0. The molecule has 7 heteroatoms. The molecule has 5 nitrogen and oxygen atoms in total. The largest absolute Gasteiger partial charge is 0.480 e. The minimum absolute atomic E-state index is 0.248. The molecule has 0 aliphatic heterocycles. The molecule has 0 spiro atoms. The van der Waals surface area contributed by atoms with Crippen molar-refractivity contribution < 1.29 is 23.8 Å². The molecule has 0 radical (unpaired) electrons. The van der Waals surface area contributed by atoms with E-state index in [0.29, 0.717) is 16.6 Å². The number of allylic oxidation sites excluding steroid dienone is 1. The zero-order chi connectivity index (χ0) is 16.7. The first kappa shape index (κ1) is 18.2. The first-order valence-electron chi connectivity index (χ1n) is 6.61. The van der Waals surface area contributed by atoms with Crippen molar-refractivity contribution in [2.45, 2.75) is 31.9 Å². The summed E-state index contributed by atoms with van der Waals surface area (Å²) in [4.78, 5) is 23.1. The van der Waals surface area contributed by atoms with Crippen molar-refractivity contribution in [2.75, 3.05) is 0 Å². The molecule has 0 aliphatic rings. The Bertz CT molecular complexity index is 564. The molecule has 1 amide bonds. The highest BCUT2D eigenvalue weighted by atomic mass is 79.9. The van der Waals surface area contributed by atoms with E-state index in [9.17, 15) is 14.0 Å². The summed E-state index contributed by atoms with van der Waals surface area (Å²) < 4.78 is 18.8. The second-order valence-corrected chi connectivity index (χ2v) is 5.45. The fraction of sp³-hybridized carbons (Fsp3) is 0.333. The minimum Gasteiger partial charge on any atom is -0.480 e.